The summed E-state index contributed by atoms with van der Waals surface area (Å²) in [4.78, 5) is 36.2. The zero-order valence-corrected chi connectivity index (χ0v) is 18.4. The molecular weight excluding hydrogens is 453 g/mol. The topological polar surface area (TPSA) is 149 Å². The third kappa shape index (κ3) is 7.73. The van der Waals surface area contributed by atoms with Gasteiger partial charge in [-0.05, 0) is 26.0 Å². The standard InChI is InChI=1S/C18H23ClN3O8P/c1-12(10-23)21-31(27,30-14-6-4-3-5-7-14)28-11-15(17(19)25)29-13(2)22-9-8-16(24)20-18(22)26/h3-10,12-13,15,17,25H,11H2,1-2H3,(H,21,27)(H,20,24,26)/t12-,13+,15+,17+,31?/m0/s1. The number of aldehydes is 1. The monoisotopic (exact) mass is 475 g/mol. The molecular formula is C18H23ClN3O8P. The average Bonchev–Trinajstić information content (AvgIpc) is 2.71. The van der Waals surface area contributed by atoms with Crippen molar-refractivity contribution in [2.24, 2.45) is 0 Å². The van der Waals surface area contributed by atoms with Crippen LogP contribution in [0.3, 0.4) is 0 Å². The van der Waals surface area contributed by atoms with Gasteiger partial charge in [-0.1, -0.05) is 29.8 Å². The summed E-state index contributed by atoms with van der Waals surface area (Å²) in [6, 6.07) is 8.37. The van der Waals surface area contributed by atoms with Gasteiger partial charge >= 0.3 is 13.4 Å². The Hall–Kier alpha value is -2.27. The molecule has 0 radical (unpaired) electrons. The maximum absolute atomic E-state index is 13.1. The van der Waals surface area contributed by atoms with Crippen LogP contribution >= 0.6 is 19.3 Å². The number of aliphatic hydroxyl groups excluding tert-OH is 1. The first kappa shape index (κ1) is 25.0. The molecule has 0 saturated heterocycles. The quantitative estimate of drug-likeness (QED) is 0.235. The summed E-state index contributed by atoms with van der Waals surface area (Å²) < 4.78 is 30.5. The number of aromatic nitrogens is 2. The lowest BCUT2D eigenvalue weighted by atomic mass is 10.3. The lowest BCUT2D eigenvalue weighted by Crippen LogP contribution is -2.37. The van der Waals surface area contributed by atoms with Crippen molar-refractivity contribution in [1.29, 1.82) is 0 Å². The van der Waals surface area contributed by atoms with Crippen LogP contribution in [-0.2, 0) is 18.6 Å². The molecule has 0 bridgehead atoms. The Balaban J connectivity index is 2.15. The number of alkyl halides is 1. The number of ether oxygens (including phenoxy) is 1. The van der Waals surface area contributed by atoms with Crippen LogP contribution in [0.5, 0.6) is 5.75 Å². The van der Waals surface area contributed by atoms with E-state index in [4.69, 9.17) is 25.4 Å². The van der Waals surface area contributed by atoms with Crippen molar-refractivity contribution >= 4 is 25.6 Å². The van der Waals surface area contributed by atoms with Gasteiger partial charge in [-0.3, -0.25) is 18.9 Å². The molecule has 2 aromatic rings. The number of benzene rings is 1. The van der Waals surface area contributed by atoms with Crippen LogP contribution in [0.25, 0.3) is 0 Å². The van der Waals surface area contributed by atoms with Crippen molar-refractivity contribution in [3.63, 3.8) is 0 Å². The number of rotatable bonds is 12. The Kier molecular flexibility index (Phi) is 9.17. The Morgan fingerprint density at radius 2 is 1.94 bits per heavy atom. The molecule has 0 aliphatic carbocycles. The molecule has 0 fully saturated rings. The highest BCUT2D eigenvalue weighted by molar-refractivity contribution is 7.52. The minimum Gasteiger partial charge on any atom is -0.413 e. The molecule has 1 heterocycles. The average molecular weight is 476 g/mol. The van der Waals surface area contributed by atoms with Crippen LogP contribution in [0.1, 0.15) is 20.1 Å². The smallest absolute Gasteiger partial charge is 0.413 e. The maximum Gasteiger partial charge on any atom is 0.459 e. The van der Waals surface area contributed by atoms with E-state index >= 15 is 0 Å². The number of aromatic amines is 1. The first-order chi connectivity index (χ1) is 14.6. The van der Waals surface area contributed by atoms with Crippen LogP contribution in [0.4, 0.5) is 0 Å². The summed E-state index contributed by atoms with van der Waals surface area (Å²) in [7, 11) is -4.09. The van der Waals surface area contributed by atoms with Crippen LogP contribution in [0.2, 0.25) is 0 Å². The number of aliphatic hydroxyl groups is 1. The number of hydrogen-bond acceptors (Lipinski definition) is 8. The normalized spacial score (nSPS) is 17.2. The van der Waals surface area contributed by atoms with Crippen molar-refractivity contribution in [3.8, 4) is 5.75 Å². The molecule has 3 N–H and O–H groups in total. The van der Waals surface area contributed by atoms with Crippen LogP contribution < -0.4 is 20.9 Å². The third-order valence-corrected chi connectivity index (χ3v) is 5.81. The molecule has 5 atom stereocenters. The molecule has 13 heteroatoms. The molecule has 0 amide bonds. The van der Waals surface area contributed by atoms with Crippen molar-refractivity contribution in [3.05, 3.63) is 63.4 Å². The van der Waals surface area contributed by atoms with E-state index in [0.717, 1.165) is 10.6 Å². The first-order valence-electron chi connectivity index (χ1n) is 9.15. The predicted octanol–water partition coefficient (Wildman–Crippen LogP) is 1.38. The molecule has 31 heavy (non-hydrogen) atoms. The predicted molar refractivity (Wildman–Crippen MR) is 112 cm³/mol. The van der Waals surface area contributed by atoms with Gasteiger partial charge in [-0.25, -0.2) is 14.4 Å². The van der Waals surface area contributed by atoms with Gasteiger partial charge in [0.05, 0.1) is 12.6 Å². The van der Waals surface area contributed by atoms with Crippen LogP contribution in [-0.4, -0.2) is 45.3 Å². The zero-order valence-electron chi connectivity index (χ0n) is 16.7. The largest absolute Gasteiger partial charge is 0.459 e. The highest BCUT2D eigenvalue weighted by Crippen LogP contribution is 2.45. The summed E-state index contributed by atoms with van der Waals surface area (Å²) in [6.07, 6.45) is -0.500. The Labute approximate surface area is 182 Å². The van der Waals surface area contributed by atoms with E-state index in [1.807, 2.05) is 0 Å². The van der Waals surface area contributed by atoms with Crippen molar-refractivity contribution < 1.29 is 28.3 Å². The van der Waals surface area contributed by atoms with Gasteiger partial charge in [-0.2, -0.15) is 0 Å². The molecule has 11 nitrogen and oxygen atoms in total. The van der Waals surface area contributed by atoms with Gasteiger partial charge < -0.3 is 19.2 Å². The summed E-state index contributed by atoms with van der Waals surface area (Å²) in [5.74, 6) is 0.216. The van der Waals surface area contributed by atoms with Gasteiger partial charge in [0, 0.05) is 12.3 Å². The fraction of sp³-hybridized carbons (Fsp3) is 0.389. The van der Waals surface area contributed by atoms with Gasteiger partial charge in [0.1, 0.15) is 24.4 Å². The van der Waals surface area contributed by atoms with Crippen LogP contribution in [0, 0.1) is 0 Å². The van der Waals surface area contributed by atoms with E-state index in [0.29, 0.717) is 6.29 Å². The molecule has 0 aliphatic heterocycles. The summed E-state index contributed by atoms with van der Waals surface area (Å²) in [6.45, 7) is 2.40. The SMILES string of the molecule is C[C@@H](C=O)NP(=O)(OC[C@@H](O[C@H](C)n1ccc(=O)[nH]c1=O)[C@@H](O)Cl)Oc1ccccc1. The van der Waals surface area contributed by atoms with Crippen molar-refractivity contribution in [2.75, 3.05) is 6.61 Å². The minimum atomic E-state index is -4.09. The Bertz CT molecular complexity index is 1010. The summed E-state index contributed by atoms with van der Waals surface area (Å²) in [5.41, 5.74) is -2.92. The maximum atomic E-state index is 13.1. The molecule has 0 saturated carbocycles. The van der Waals surface area contributed by atoms with Crippen molar-refractivity contribution in [1.82, 2.24) is 14.6 Å². The Morgan fingerprint density at radius 3 is 2.52 bits per heavy atom. The fourth-order valence-corrected chi connectivity index (χ4v) is 3.99. The number of carbonyl (C=O) groups is 1. The van der Waals surface area contributed by atoms with E-state index in [2.05, 4.69) is 10.1 Å². The first-order valence-corrected chi connectivity index (χ1v) is 11.1. The Morgan fingerprint density at radius 1 is 1.26 bits per heavy atom. The molecule has 0 spiro atoms. The van der Waals surface area contributed by atoms with Crippen molar-refractivity contribution in [2.45, 2.75) is 37.8 Å². The lowest BCUT2D eigenvalue weighted by Gasteiger charge is -2.27. The minimum absolute atomic E-state index is 0.216. The molecule has 1 aromatic carbocycles. The summed E-state index contributed by atoms with van der Waals surface area (Å²) in [5, 5.41) is 12.3. The number of carbonyl (C=O) groups excluding carboxylic acids is 1. The number of para-hydroxylation sites is 1. The number of nitrogens with one attached hydrogen (secondary N) is 2. The molecule has 1 aromatic heterocycles. The highest BCUT2D eigenvalue weighted by atomic mass is 35.5. The van der Waals surface area contributed by atoms with Gasteiger partial charge in [0.2, 0.25) is 0 Å². The van der Waals surface area contributed by atoms with E-state index in [1.54, 1.807) is 18.2 Å². The molecule has 170 valence electrons. The highest BCUT2D eigenvalue weighted by Gasteiger charge is 2.32. The number of nitrogens with zero attached hydrogens (tertiary/aromatic N) is 1. The van der Waals surface area contributed by atoms with E-state index in [9.17, 15) is 24.1 Å². The van der Waals surface area contributed by atoms with Gasteiger partial charge in [-0.15, -0.1) is 0 Å². The zero-order chi connectivity index (χ0) is 23.0. The fourth-order valence-electron chi connectivity index (χ4n) is 2.38. The molecule has 0 aliphatic rings. The second-order valence-corrected chi connectivity index (χ2v) is 8.56. The van der Waals surface area contributed by atoms with E-state index < -0.39 is 49.5 Å². The lowest BCUT2D eigenvalue weighted by molar-refractivity contribution is -0.109. The summed E-state index contributed by atoms with van der Waals surface area (Å²) >= 11 is 5.76. The van der Waals surface area contributed by atoms with Gasteiger partial charge in [0.25, 0.3) is 5.56 Å². The number of halogens is 1. The van der Waals surface area contributed by atoms with Crippen LogP contribution in [0.15, 0.2) is 52.2 Å². The molecule has 1 unspecified atom stereocenters. The second-order valence-electron chi connectivity index (χ2n) is 6.42. The van der Waals surface area contributed by atoms with E-state index in [-0.39, 0.29) is 5.75 Å². The van der Waals surface area contributed by atoms with E-state index in [1.165, 1.54) is 32.2 Å². The number of H-pyrrole nitrogens is 1. The van der Waals surface area contributed by atoms with Gasteiger partial charge in [0.15, 0.2) is 5.56 Å². The second kappa shape index (κ2) is 11.4. The molecule has 2 rings (SSSR count). The number of hydrogen-bond donors (Lipinski definition) is 3. The third-order valence-electron chi connectivity index (χ3n) is 3.86.